The van der Waals surface area contributed by atoms with Gasteiger partial charge >= 0.3 is 0 Å². The number of pyridine rings is 1. The first kappa shape index (κ1) is 29.8. The van der Waals surface area contributed by atoms with Gasteiger partial charge in [-0.1, -0.05) is 97.1 Å². The Kier molecular flexibility index (Phi) is 6.97. The first-order chi connectivity index (χ1) is 24.4. The minimum Gasteiger partial charge on any atom is -0.309 e. The van der Waals surface area contributed by atoms with E-state index in [2.05, 4.69) is 77.4 Å². The van der Waals surface area contributed by atoms with E-state index in [4.69, 9.17) is 4.98 Å². The van der Waals surface area contributed by atoms with Gasteiger partial charge in [0.15, 0.2) is 9.84 Å². The van der Waals surface area contributed by atoms with Crippen LogP contribution >= 0.6 is 0 Å². The summed E-state index contributed by atoms with van der Waals surface area (Å²) >= 11 is 0. The fraction of sp³-hybridized carbons (Fsp3) is 0.0455. The van der Waals surface area contributed by atoms with E-state index in [0.29, 0.717) is 5.56 Å². The van der Waals surface area contributed by atoms with Crippen molar-refractivity contribution in [2.45, 2.75) is 11.5 Å². The number of rotatable bonds is 4. The Labute approximate surface area is 290 Å². The zero-order chi connectivity index (χ0) is 33.8. The van der Waals surface area contributed by atoms with Crippen molar-refractivity contribution >= 4 is 31.6 Å². The average Bonchev–Trinajstić information content (AvgIpc) is 3.43. The van der Waals surface area contributed by atoms with Gasteiger partial charge in [-0.2, -0.15) is 5.26 Å². The first-order valence-electron chi connectivity index (χ1n) is 16.5. The van der Waals surface area contributed by atoms with Crippen LogP contribution in [0.1, 0.15) is 16.7 Å². The molecule has 3 heterocycles. The Hall–Kier alpha value is -6.29. The number of fused-ring (bicyclic) bond motifs is 6. The van der Waals surface area contributed by atoms with Gasteiger partial charge in [0.25, 0.3) is 0 Å². The van der Waals surface area contributed by atoms with E-state index in [1.807, 2.05) is 84.9 Å². The number of aromatic nitrogens is 2. The second-order valence-electron chi connectivity index (χ2n) is 12.8. The summed E-state index contributed by atoms with van der Waals surface area (Å²) in [5.74, 6) is -0.0821. The number of para-hydroxylation sites is 1. The molecule has 8 aromatic rings. The highest BCUT2D eigenvalue weighted by atomic mass is 32.2. The summed E-state index contributed by atoms with van der Waals surface area (Å²) in [7, 11) is -3.44. The zero-order valence-corrected chi connectivity index (χ0v) is 27.7. The maximum Gasteiger partial charge on any atom is 0.158 e. The maximum absolute atomic E-state index is 13.6. The van der Waals surface area contributed by atoms with E-state index in [-0.39, 0.29) is 11.5 Å². The van der Waals surface area contributed by atoms with Gasteiger partial charge in [-0.15, -0.1) is 0 Å². The number of benzene rings is 6. The van der Waals surface area contributed by atoms with Crippen molar-refractivity contribution in [2.75, 3.05) is 0 Å². The van der Waals surface area contributed by atoms with Crippen LogP contribution in [0.2, 0.25) is 0 Å². The standard InChI is InChI=1S/C44H29N3O2S/c45-26-29-15-20-44-40(21-29)38-13-7-8-14-43(38)47(44)36-18-19-37-35(22-36)28-50(48,49)27-33-17-16-32(23-39(33)37)34-24-41(30-9-3-1-4-10-30)46-42(25-34)31-11-5-2-6-12-31/h1-25H,27-28H2. The topological polar surface area (TPSA) is 75.8 Å². The highest BCUT2D eigenvalue weighted by Gasteiger charge is 2.25. The van der Waals surface area contributed by atoms with Gasteiger partial charge < -0.3 is 4.57 Å². The lowest BCUT2D eigenvalue weighted by molar-refractivity contribution is 0.595. The summed E-state index contributed by atoms with van der Waals surface area (Å²) in [6.07, 6.45) is 0. The quantitative estimate of drug-likeness (QED) is 0.188. The first-order valence-corrected chi connectivity index (χ1v) is 18.3. The predicted octanol–water partition coefficient (Wildman–Crippen LogP) is 10.1. The molecule has 0 N–H and O–H groups in total. The van der Waals surface area contributed by atoms with E-state index >= 15 is 0 Å². The lowest BCUT2D eigenvalue weighted by Crippen LogP contribution is -2.06. The van der Waals surface area contributed by atoms with E-state index in [0.717, 1.165) is 83.4 Å². The minimum absolute atomic E-state index is 0.0280. The van der Waals surface area contributed by atoms with Crippen LogP contribution in [0.15, 0.2) is 152 Å². The Morgan fingerprint density at radius 3 is 1.92 bits per heavy atom. The number of nitrogens with zero attached hydrogens (tertiary/aromatic N) is 3. The van der Waals surface area contributed by atoms with Crippen LogP contribution in [-0.2, 0) is 21.3 Å². The molecule has 0 amide bonds. The van der Waals surface area contributed by atoms with Gasteiger partial charge in [0.2, 0.25) is 0 Å². The second kappa shape index (κ2) is 11.7. The van der Waals surface area contributed by atoms with Crippen molar-refractivity contribution in [1.29, 1.82) is 5.26 Å². The monoisotopic (exact) mass is 663 g/mol. The van der Waals surface area contributed by atoms with Gasteiger partial charge in [-0.3, -0.25) is 0 Å². The molecular weight excluding hydrogens is 635 g/mol. The van der Waals surface area contributed by atoms with Crippen molar-refractivity contribution in [3.8, 4) is 56.5 Å². The molecule has 0 unspecified atom stereocenters. The molecule has 0 spiro atoms. The van der Waals surface area contributed by atoms with E-state index in [1.54, 1.807) is 0 Å². The highest BCUT2D eigenvalue weighted by molar-refractivity contribution is 7.89. The molecule has 2 aromatic heterocycles. The Morgan fingerprint density at radius 2 is 1.20 bits per heavy atom. The summed E-state index contributed by atoms with van der Waals surface area (Å²) in [5, 5.41) is 11.6. The minimum atomic E-state index is -3.44. The molecular formula is C44H29N3O2S. The zero-order valence-electron chi connectivity index (χ0n) is 26.9. The van der Waals surface area contributed by atoms with Crippen LogP contribution in [-0.4, -0.2) is 18.0 Å². The van der Waals surface area contributed by atoms with Gasteiger partial charge in [-0.25, -0.2) is 13.4 Å². The van der Waals surface area contributed by atoms with Crippen molar-refractivity contribution in [1.82, 2.24) is 9.55 Å². The van der Waals surface area contributed by atoms with Gasteiger partial charge in [-0.05, 0) is 88.0 Å². The molecule has 5 nitrogen and oxygen atoms in total. The molecule has 0 saturated carbocycles. The maximum atomic E-state index is 13.6. The Bertz CT molecular complexity index is 2720. The third-order valence-corrected chi connectivity index (χ3v) is 11.1. The molecule has 0 bridgehead atoms. The van der Waals surface area contributed by atoms with E-state index in [1.165, 1.54) is 0 Å². The normalized spacial score (nSPS) is 13.3. The summed E-state index contributed by atoms with van der Waals surface area (Å²) in [4.78, 5) is 5.05. The number of hydrogen-bond donors (Lipinski definition) is 0. The van der Waals surface area contributed by atoms with Crippen LogP contribution in [0.4, 0.5) is 0 Å². The lowest BCUT2D eigenvalue weighted by atomic mass is 9.92. The summed E-state index contributed by atoms with van der Waals surface area (Å²) in [6, 6.07) is 53.0. The molecule has 238 valence electrons. The largest absolute Gasteiger partial charge is 0.309 e. The van der Waals surface area contributed by atoms with Crippen LogP contribution in [0, 0.1) is 11.3 Å². The Balaban J connectivity index is 1.22. The van der Waals surface area contributed by atoms with Crippen LogP contribution in [0.25, 0.3) is 72.3 Å². The number of sulfone groups is 1. The molecule has 6 aromatic carbocycles. The third kappa shape index (κ3) is 5.16. The van der Waals surface area contributed by atoms with E-state index in [9.17, 15) is 13.7 Å². The second-order valence-corrected chi connectivity index (χ2v) is 14.9. The van der Waals surface area contributed by atoms with Gasteiger partial charge in [0.05, 0.1) is 45.6 Å². The van der Waals surface area contributed by atoms with E-state index < -0.39 is 9.84 Å². The SMILES string of the molecule is N#Cc1ccc2c(c1)c1ccccc1n2-c1ccc2c(c1)CS(=O)(=O)Cc1ccc(-c3cc(-c4ccccc4)nc(-c4ccccc4)c3)cc1-2. The molecule has 6 heteroatoms. The Morgan fingerprint density at radius 1 is 0.540 bits per heavy atom. The van der Waals surface area contributed by atoms with Crippen LogP contribution in [0.5, 0.6) is 0 Å². The van der Waals surface area contributed by atoms with Gasteiger partial charge in [0.1, 0.15) is 0 Å². The average molecular weight is 664 g/mol. The van der Waals surface area contributed by atoms with Crippen LogP contribution < -0.4 is 0 Å². The fourth-order valence-corrected chi connectivity index (χ4v) is 8.83. The molecule has 0 fully saturated rings. The molecule has 9 rings (SSSR count). The third-order valence-electron chi connectivity index (χ3n) is 9.60. The predicted molar refractivity (Wildman–Crippen MR) is 201 cm³/mol. The molecule has 1 aliphatic heterocycles. The van der Waals surface area contributed by atoms with Crippen molar-refractivity contribution in [3.63, 3.8) is 0 Å². The molecule has 1 aliphatic rings. The summed E-state index contributed by atoms with van der Waals surface area (Å²) < 4.78 is 29.4. The number of nitriles is 1. The van der Waals surface area contributed by atoms with Crippen molar-refractivity contribution in [2.24, 2.45) is 0 Å². The number of hydrogen-bond acceptors (Lipinski definition) is 4. The molecule has 0 saturated heterocycles. The smallest absolute Gasteiger partial charge is 0.158 e. The molecule has 0 atom stereocenters. The molecule has 50 heavy (non-hydrogen) atoms. The highest BCUT2D eigenvalue weighted by Crippen LogP contribution is 2.40. The fourth-order valence-electron chi connectivity index (χ4n) is 7.29. The van der Waals surface area contributed by atoms with Crippen LogP contribution in [0.3, 0.4) is 0 Å². The molecule has 0 aliphatic carbocycles. The lowest BCUT2D eigenvalue weighted by Gasteiger charge is -2.15. The summed E-state index contributed by atoms with van der Waals surface area (Å²) in [6.45, 7) is 0. The summed E-state index contributed by atoms with van der Waals surface area (Å²) in [5.41, 5.74) is 12.6. The van der Waals surface area contributed by atoms with Crippen molar-refractivity contribution < 1.29 is 8.42 Å². The van der Waals surface area contributed by atoms with Gasteiger partial charge in [0, 0.05) is 27.6 Å². The van der Waals surface area contributed by atoms with Crippen molar-refractivity contribution in [3.05, 3.63) is 168 Å². The molecule has 0 radical (unpaired) electrons.